The largest absolute Gasteiger partial charge is 0.488 e. The number of Topliss-reactive ketones (excluding diaryl/α,β-unsaturated/α-hetero) is 3. The molecule has 0 N–H and O–H groups in total. The highest BCUT2D eigenvalue weighted by atomic mass is 16.7. The molecule has 15 heteroatoms. The highest BCUT2D eigenvalue weighted by Crippen LogP contribution is 2.41. The van der Waals surface area contributed by atoms with E-state index >= 15 is 0 Å². The van der Waals surface area contributed by atoms with Crippen LogP contribution < -0.4 is 9.47 Å². The molecule has 0 heterocycles. The molecule has 0 aliphatic rings. The molecule has 0 aliphatic carbocycles. The molecule has 1 atom stereocenters. The zero-order valence-electron chi connectivity index (χ0n) is 69.8. The van der Waals surface area contributed by atoms with Gasteiger partial charge in [-0.15, -0.1) is 0 Å². The number of unbranched alkanes of at least 4 members (excludes halogenated alkanes) is 1. The molecule has 0 saturated heterocycles. The number of hydrogen-bond donors (Lipinski definition) is 0. The maximum absolute atomic E-state index is 12.6. The first-order valence-electron chi connectivity index (χ1n) is 35.1. The van der Waals surface area contributed by atoms with Crippen molar-refractivity contribution in [1.29, 1.82) is 0 Å². The Morgan fingerprint density at radius 2 is 0.814 bits per heavy atom. The number of rotatable bonds is 21. The van der Waals surface area contributed by atoms with Gasteiger partial charge >= 0.3 is 17.9 Å². The van der Waals surface area contributed by atoms with Crippen molar-refractivity contribution in [3.8, 4) is 11.5 Å². The molecular formula is C82H148O15. The molecule has 0 saturated carbocycles. The zero-order valence-corrected chi connectivity index (χ0v) is 69.8. The van der Waals surface area contributed by atoms with E-state index in [1.807, 2.05) is 246 Å². The molecule has 15 nitrogen and oxygen atoms in total. The molecule has 0 amide bonds. The Bertz CT molecular complexity index is 2610. The maximum Gasteiger partial charge on any atom is 0.313 e. The fourth-order valence-electron chi connectivity index (χ4n) is 7.74. The number of aryl methyl sites for hydroxylation is 2. The van der Waals surface area contributed by atoms with Crippen molar-refractivity contribution in [2.45, 2.75) is 367 Å². The highest BCUT2D eigenvalue weighted by molar-refractivity contribution is 5.85. The third kappa shape index (κ3) is 55.7. The fourth-order valence-corrected chi connectivity index (χ4v) is 7.74. The van der Waals surface area contributed by atoms with Crippen LogP contribution in [0.15, 0.2) is 36.4 Å². The van der Waals surface area contributed by atoms with Gasteiger partial charge in [0.2, 0.25) is 6.29 Å². The average Bonchev–Trinajstić information content (AvgIpc) is 0.781. The van der Waals surface area contributed by atoms with Crippen LogP contribution in [0.2, 0.25) is 0 Å². The molecular weight excluding hydrogens is 1220 g/mol. The summed E-state index contributed by atoms with van der Waals surface area (Å²) in [6, 6.07) is 11.9. The molecule has 0 radical (unpaired) electrons. The van der Waals surface area contributed by atoms with E-state index in [1.165, 1.54) is 11.1 Å². The van der Waals surface area contributed by atoms with Gasteiger partial charge in [-0.05, 0) is 241 Å². The van der Waals surface area contributed by atoms with E-state index < -0.39 is 17.1 Å². The maximum atomic E-state index is 12.6. The van der Waals surface area contributed by atoms with E-state index in [-0.39, 0.29) is 91.7 Å². The smallest absolute Gasteiger partial charge is 0.313 e. The van der Waals surface area contributed by atoms with E-state index in [4.69, 9.17) is 42.6 Å². The van der Waals surface area contributed by atoms with Crippen molar-refractivity contribution in [2.24, 2.45) is 33.0 Å². The first kappa shape index (κ1) is 98.7. The molecule has 0 spiro atoms. The molecule has 1 unspecified atom stereocenters. The number of esters is 3. The summed E-state index contributed by atoms with van der Waals surface area (Å²) in [4.78, 5) is 69.7. The number of ketones is 3. The average molecular weight is 1370 g/mol. The molecule has 2 aromatic carbocycles. The minimum atomic E-state index is -0.498. The van der Waals surface area contributed by atoms with Crippen LogP contribution in [0.3, 0.4) is 0 Å². The second-order valence-corrected chi connectivity index (χ2v) is 37.4. The Morgan fingerprint density at radius 3 is 1.18 bits per heavy atom. The number of hydrogen-bond acceptors (Lipinski definition) is 15. The van der Waals surface area contributed by atoms with Gasteiger partial charge in [-0.25, -0.2) is 0 Å². The molecule has 0 fully saturated rings. The Hall–Kier alpha value is -4.70. The quantitative estimate of drug-likeness (QED) is 0.0497. The van der Waals surface area contributed by atoms with E-state index in [0.717, 1.165) is 48.5 Å². The predicted molar refractivity (Wildman–Crippen MR) is 400 cm³/mol. The summed E-state index contributed by atoms with van der Waals surface area (Å²) in [7, 11) is 0. The summed E-state index contributed by atoms with van der Waals surface area (Å²) in [5.41, 5.74) is 1.40. The van der Waals surface area contributed by atoms with Crippen molar-refractivity contribution in [2.75, 3.05) is 20.0 Å². The lowest BCUT2D eigenvalue weighted by Gasteiger charge is -2.33. The van der Waals surface area contributed by atoms with Crippen LogP contribution in [0.1, 0.15) is 324 Å². The zero-order chi connectivity index (χ0) is 77.8. The summed E-state index contributed by atoms with van der Waals surface area (Å²) >= 11 is 0. The normalized spacial score (nSPS) is 13.0. The lowest BCUT2D eigenvalue weighted by atomic mass is 9.73. The van der Waals surface area contributed by atoms with Gasteiger partial charge < -0.3 is 42.6 Å². The van der Waals surface area contributed by atoms with Crippen LogP contribution in [-0.4, -0.2) is 95.2 Å². The highest BCUT2D eigenvalue weighted by Gasteiger charge is 2.35. The van der Waals surface area contributed by atoms with Crippen LogP contribution in [0.4, 0.5) is 0 Å². The fraction of sp³-hybridized carbons (Fsp3) is 0.780. The van der Waals surface area contributed by atoms with Crippen LogP contribution in [-0.2, 0) is 73.9 Å². The molecule has 0 bridgehead atoms. The van der Waals surface area contributed by atoms with Crippen molar-refractivity contribution >= 4 is 35.3 Å². The number of benzene rings is 2. The van der Waals surface area contributed by atoms with Crippen molar-refractivity contribution in [3.05, 3.63) is 58.7 Å². The number of carbonyl (C=O) groups is 6. The lowest BCUT2D eigenvalue weighted by Crippen LogP contribution is -2.33. The first-order chi connectivity index (χ1) is 42.8. The van der Waals surface area contributed by atoms with Gasteiger partial charge in [-0.2, -0.15) is 0 Å². The molecule has 0 aromatic heterocycles. The Kier molecular flexibility index (Phi) is 42.0. The number of ether oxygens (including phenoxy) is 9. The Balaban J connectivity index is -0.000000542. The standard InChI is InChI=1S/C21H34O2.C15H22O3.C13H26O2.C12H24O2.C11H22O3.C10H20O3/c1-14-11-15(2)18(16(12-14)23-20(6,7)8)21(9,10)13-17(22)19(3,4)5;1-11(2)14(16)17-10-12-6-8-13(9-7-12)18-15(3,4)5;1-12(2,3)11(14)9-7-8-10-15-13(4,5)6;1-11(2,3)10(13)8-7-9-14-12(4,5)6;1-8(14-11(5,6)7)13-9(12)10(2,3)4;1-9(2,3)8(11)12-7-13-10(4,5)6/h11-12H,13H2,1-10H3;6-9,11H,10H2,1-5H3;7-10H2,1-6H3;7-9H2,1-6H3;8H,1-7H3;7H2,1-6H3. The second-order valence-electron chi connectivity index (χ2n) is 37.4. The van der Waals surface area contributed by atoms with Gasteiger partial charge in [0, 0.05) is 59.7 Å². The van der Waals surface area contributed by atoms with Gasteiger partial charge in [0.1, 0.15) is 46.7 Å². The van der Waals surface area contributed by atoms with Gasteiger partial charge in [0.15, 0.2) is 6.79 Å². The predicted octanol–water partition coefficient (Wildman–Crippen LogP) is 21.2. The summed E-state index contributed by atoms with van der Waals surface area (Å²) in [6.45, 7) is 80.2. The third-order valence-corrected chi connectivity index (χ3v) is 13.0. The van der Waals surface area contributed by atoms with Gasteiger partial charge in [-0.1, -0.05) is 108 Å². The summed E-state index contributed by atoms with van der Waals surface area (Å²) in [5.74, 6) is 1.92. The van der Waals surface area contributed by atoms with E-state index in [1.54, 1.807) is 6.92 Å². The third-order valence-electron chi connectivity index (χ3n) is 13.0. The lowest BCUT2D eigenvalue weighted by molar-refractivity contribution is -0.204. The monoisotopic (exact) mass is 1370 g/mol. The van der Waals surface area contributed by atoms with Crippen molar-refractivity contribution < 1.29 is 71.4 Å². The van der Waals surface area contributed by atoms with Crippen LogP contribution in [0.25, 0.3) is 0 Å². The molecule has 566 valence electrons. The minimum absolute atomic E-state index is 0.0274. The summed E-state index contributed by atoms with van der Waals surface area (Å²) in [5, 5.41) is 0. The van der Waals surface area contributed by atoms with Crippen molar-refractivity contribution in [1.82, 2.24) is 0 Å². The Morgan fingerprint density at radius 1 is 0.412 bits per heavy atom. The Labute approximate surface area is 594 Å². The van der Waals surface area contributed by atoms with Crippen LogP contribution in [0, 0.1) is 46.8 Å². The van der Waals surface area contributed by atoms with Crippen LogP contribution in [0.5, 0.6) is 11.5 Å². The minimum Gasteiger partial charge on any atom is -0.488 e. The van der Waals surface area contributed by atoms with Gasteiger partial charge in [-0.3, -0.25) is 28.8 Å². The first-order valence-corrected chi connectivity index (χ1v) is 35.1. The van der Waals surface area contributed by atoms with Gasteiger partial charge in [0.05, 0.1) is 39.2 Å². The van der Waals surface area contributed by atoms with E-state index in [2.05, 4.69) is 60.6 Å². The van der Waals surface area contributed by atoms with Crippen molar-refractivity contribution in [3.63, 3.8) is 0 Å². The SMILES string of the molecule is CC(C)(C)OCCCC(=O)C(C)(C)C.CC(C)(C)OCCCCC(=O)C(C)(C)C.CC(C)(C)OCOC(=O)C(C)(C)C.CC(C)C(=O)OCc1ccc(OC(C)(C)C)cc1.CC(OC(=O)C(C)(C)C)OC(C)(C)C.Cc1cc(C)c(C(C)(C)CC(=O)C(C)(C)C)c(OC(C)(C)C)c1. The van der Waals surface area contributed by atoms with E-state index in [9.17, 15) is 28.8 Å². The van der Waals surface area contributed by atoms with E-state index in [0.29, 0.717) is 44.0 Å². The van der Waals surface area contributed by atoms with Crippen LogP contribution >= 0.6 is 0 Å². The molecule has 97 heavy (non-hydrogen) atoms. The van der Waals surface area contributed by atoms with Gasteiger partial charge in [0.25, 0.3) is 0 Å². The summed E-state index contributed by atoms with van der Waals surface area (Å²) < 4.78 is 49.0. The molecule has 0 aliphatic heterocycles. The number of carbonyl (C=O) groups excluding carboxylic acids is 6. The molecule has 2 rings (SSSR count). The second kappa shape index (κ2) is 41.3. The summed E-state index contributed by atoms with van der Waals surface area (Å²) in [6.07, 6.45) is 4.05. The topological polar surface area (TPSA) is 185 Å². The molecule has 2 aromatic rings.